The van der Waals surface area contributed by atoms with Crippen molar-refractivity contribution in [1.82, 2.24) is 0 Å². The molecule has 0 aromatic heterocycles. The number of esters is 2. The molecule has 2 aromatic rings. The van der Waals surface area contributed by atoms with Gasteiger partial charge in [-0.25, -0.2) is 4.79 Å². The first kappa shape index (κ1) is 47.4. The van der Waals surface area contributed by atoms with E-state index in [1.54, 1.807) is 14.2 Å². The molecule has 0 N–H and O–H groups in total. The van der Waals surface area contributed by atoms with E-state index in [1.807, 2.05) is 0 Å². The van der Waals surface area contributed by atoms with E-state index in [-0.39, 0.29) is 59.9 Å². The van der Waals surface area contributed by atoms with Crippen LogP contribution in [0.1, 0.15) is 86.0 Å². The van der Waals surface area contributed by atoms with Gasteiger partial charge in [-0.1, -0.05) is 150 Å². The second-order valence-electron chi connectivity index (χ2n) is 20.9. The molecule has 0 radical (unpaired) electrons. The molecule has 8 atom stereocenters. The van der Waals surface area contributed by atoms with Crippen LogP contribution >= 0.6 is 0 Å². The lowest BCUT2D eigenvalue weighted by Crippen LogP contribution is -2.66. The molecule has 7 rings (SSSR count). The van der Waals surface area contributed by atoms with Gasteiger partial charge in [0.05, 0.1) is 26.2 Å². The molecular weight excluding hydrogens is 825 g/mol. The Morgan fingerprint density at radius 3 is 2.13 bits per heavy atom. The van der Waals surface area contributed by atoms with Crippen LogP contribution in [0, 0.1) is 35.0 Å². The van der Waals surface area contributed by atoms with Gasteiger partial charge in [0.2, 0.25) is 0 Å². The molecule has 0 saturated heterocycles. The van der Waals surface area contributed by atoms with E-state index in [2.05, 4.69) is 139 Å². The van der Waals surface area contributed by atoms with Crippen molar-refractivity contribution in [2.45, 2.75) is 122 Å². The van der Waals surface area contributed by atoms with Gasteiger partial charge < -0.3 is 32.8 Å². The van der Waals surface area contributed by atoms with Crippen molar-refractivity contribution in [3.05, 3.63) is 107 Å². The molecule has 63 heavy (non-hydrogen) atoms. The van der Waals surface area contributed by atoms with E-state index in [1.165, 1.54) is 15.6 Å². The van der Waals surface area contributed by atoms with E-state index in [4.69, 9.17) is 32.8 Å². The van der Waals surface area contributed by atoms with Crippen LogP contribution in [-0.4, -0.2) is 74.4 Å². The van der Waals surface area contributed by atoms with Gasteiger partial charge in [-0.2, -0.15) is 0 Å². The number of carbonyl (C=O) groups excluding carboxylic acids is 2. The predicted octanol–water partition coefficient (Wildman–Crippen LogP) is 9.79. The molecule has 1 spiro atoms. The van der Waals surface area contributed by atoms with E-state index in [9.17, 15) is 4.79 Å². The fourth-order valence-electron chi connectivity index (χ4n) is 11.8. The Kier molecular flexibility index (Phi) is 14.4. The molecule has 2 aromatic carbocycles. The summed E-state index contributed by atoms with van der Waals surface area (Å²) in [5.41, 5.74) is -1.05. The molecule has 2 heterocycles. The van der Waals surface area contributed by atoms with Crippen LogP contribution in [0.25, 0.3) is 0 Å². The summed E-state index contributed by atoms with van der Waals surface area (Å²) < 4.78 is 44.3. The number of allylic oxidation sites excluding steroid dienone is 2. The number of benzene rings is 2. The van der Waals surface area contributed by atoms with Crippen molar-refractivity contribution in [3.8, 4) is 0 Å². The van der Waals surface area contributed by atoms with Gasteiger partial charge in [0.1, 0.15) is 6.79 Å². The minimum absolute atomic E-state index is 0.0380. The molecule has 342 valence electrons. The number of rotatable bonds is 12. The highest BCUT2D eigenvalue weighted by Crippen LogP contribution is 2.58. The van der Waals surface area contributed by atoms with Gasteiger partial charge in [-0.05, 0) is 77.8 Å². The second kappa shape index (κ2) is 19.1. The second-order valence-corrected chi connectivity index (χ2v) is 30.2. The Labute approximate surface area is 378 Å². The molecule has 9 nitrogen and oxygen atoms in total. The molecule has 0 amide bonds. The largest absolute Gasteiger partial charge is 0.463 e. The van der Waals surface area contributed by atoms with Crippen LogP contribution < -0.4 is 10.4 Å². The van der Waals surface area contributed by atoms with E-state index in [0.29, 0.717) is 13.0 Å². The summed E-state index contributed by atoms with van der Waals surface area (Å²) in [6, 6.07) is 21.4. The zero-order valence-electron chi connectivity index (χ0n) is 39.5. The molecule has 1 saturated carbocycles. The molecule has 2 aliphatic heterocycles. The summed E-state index contributed by atoms with van der Waals surface area (Å²) in [6.07, 6.45) is 15.7. The molecule has 0 unspecified atom stereocenters. The van der Waals surface area contributed by atoms with E-state index >= 15 is 4.79 Å². The Morgan fingerprint density at radius 1 is 0.841 bits per heavy atom. The smallest absolute Gasteiger partial charge is 0.379 e. The number of hydrogen-bond acceptors (Lipinski definition) is 9. The summed E-state index contributed by atoms with van der Waals surface area (Å²) in [5.74, 6) is -1.59. The summed E-state index contributed by atoms with van der Waals surface area (Å²) in [7, 11) is -1.52. The van der Waals surface area contributed by atoms with E-state index < -0.39 is 45.3 Å². The number of methoxy groups -OCH3 is 2. The maximum Gasteiger partial charge on any atom is 0.379 e. The average Bonchev–Trinajstić information content (AvgIpc) is 3.50. The summed E-state index contributed by atoms with van der Waals surface area (Å²) in [5, 5.41) is 3.71. The molecule has 2 bridgehead atoms. The number of ether oxygens (including phenoxy) is 6. The van der Waals surface area contributed by atoms with Gasteiger partial charge in [0.25, 0.3) is 14.1 Å². The Balaban J connectivity index is 1.30. The topological polar surface area (TPSA) is 98.8 Å². The van der Waals surface area contributed by atoms with Crippen molar-refractivity contribution in [2.75, 3.05) is 34.4 Å². The Morgan fingerprint density at radius 2 is 1.51 bits per heavy atom. The summed E-state index contributed by atoms with van der Waals surface area (Å²) >= 11 is 0. The lowest BCUT2D eigenvalue weighted by Gasteiger charge is -2.54. The van der Waals surface area contributed by atoms with Gasteiger partial charge >= 0.3 is 11.9 Å². The highest BCUT2D eigenvalue weighted by atomic mass is 28.4. The first-order valence-corrected chi connectivity index (χ1v) is 28.7. The average molecular weight is 897 g/mol. The zero-order chi connectivity index (χ0) is 45.2. The van der Waals surface area contributed by atoms with Crippen LogP contribution in [-0.2, 0) is 42.4 Å². The predicted molar refractivity (Wildman–Crippen MR) is 252 cm³/mol. The normalized spacial score (nSPS) is 31.0. The summed E-state index contributed by atoms with van der Waals surface area (Å²) in [6.45, 7) is 18.8. The quantitative estimate of drug-likeness (QED) is 0.0893. The maximum absolute atomic E-state index is 15.3. The lowest BCUT2D eigenvalue weighted by molar-refractivity contribution is -0.172. The van der Waals surface area contributed by atoms with Crippen LogP contribution in [0.3, 0.4) is 0 Å². The zero-order valence-corrected chi connectivity index (χ0v) is 41.5. The number of fused-ring (bicyclic) bond motifs is 3. The van der Waals surface area contributed by atoms with Crippen LogP contribution in [0.15, 0.2) is 107 Å². The Bertz CT molecular complexity index is 2030. The number of hydrogen-bond donors (Lipinski definition) is 0. The van der Waals surface area contributed by atoms with Gasteiger partial charge in [0, 0.05) is 32.5 Å². The molecular formula is C52H72O9Si2. The first-order valence-electron chi connectivity index (χ1n) is 23.3. The summed E-state index contributed by atoms with van der Waals surface area (Å²) in [4.78, 5) is 29.8. The van der Waals surface area contributed by atoms with Gasteiger partial charge in [-0.15, -0.1) is 0 Å². The molecule has 5 aliphatic rings. The maximum atomic E-state index is 15.3. The molecule has 1 fully saturated rings. The Hall–Kier alpha value is -3.59. The van der Waals surface area contributed by atoms with Crippen LogP contribution in [0.5, 0.6) is 0 Å². The first-order chi connectivity index (χ1) is 30.0. The highest BCUT2D eigenvalue weighted by molar-refractivity contribution is 6.99. The fraction of sp³-hybridized carbons (Fsp3) is 0.577. The number of carbonyl (C=O) groups is 2. The minimum Gasteiger partial charge on any atom is -0.463 e. The minimum atomic E-state index is -2.86. The van der Waals surface area contributed by atoms with Crippen LogP contribution in [0.2, 0.25) is 24.7 Å². The lowest BCUT2D eigenvalue weighted by atomic mass is 9.54. The fourth-order valence-corrected chi connectivity index (χ4v) is 18.4. The molecule has 3 aliphatic carbocycles. The van der Waals surface area contributed by atoms with Crippen molar-refractivity contribution >= 4 is 38.7 Å². The van der Waals surface area contributed by atoms with Crippen molar-refractivity contribution in [1.29, 1.82) is 0 Å². The SMILES string of the molecule is COCOC1=C2OC(=O)[C@@]3(C)[C@@H]4CCC[C@H](OCOC)[C@H]4C([Si](C)(C)C)=C[C@H]3CCCC/C=C/[C@@H]3C=C(CO[Si](c4ccccc4)(c4ccccc4)C(C)(C)C)[C@H](C)C[C@@]13OC2=O. The third kappa shape index (κ3) is 8.91. The van der Waals surface area contributed by atoms with Gasteiger partial charge in [0.15, 0.2) is 18.2 Å². The highest BCUT2D eigenvalue weighted by Gasteiger charge is 2.62. The monoisotopic (exact) mass is 896 g/mol. The van der Waals surface area contributed by atoms with Crippen molar-refractivity contribution < 1.29 is 42.4 Å². The van der Waals surface area contributed by atoms with E-state index in [0.717, 1.165) is 50.5 Å². The van der Waals surface area contributed by atoms with Crippen molar-refractivity contribution in [3.63, 3.8) is 0 Å². The standard InChI is InChI=1S/C52H72O9Si2/c1-36-32-52-39(30-37(36)33-59-63(50(2,3)4,40-24-17-13-18-25-40)41-26-19-14-20-27-41)23-16-12-11-15-22-38-31-44(62(8,9)10)45-42(28-21-29-43(45)57-34-55-6)51(38,5)49(54)60-46(48(53)61-52)47(52)58-35-56-7/h13-14,16-20,23-27,30-31,36,38-39,42-43,45H,11-12,15,21-22,28-29,32-35H2,1-10H3/b23-16+/t36-,38-,39-,42-,43+,45+,51-,52+/m1/s1. The molecule has 11 heteroatoms. The third-order valence-corrected chi connectivity index (χ3v) is 22.1. The van der Waals surface area contributed by atoms with Crippen molar-refractivity contribution in [2.24, 2.45) is 35.0 Å². The third-order valence-electron chi connectivity index (χ3n) is 14.9. The van der Waals surface area contributed by atoms with Crippen LogP contribution in [0.4, 0.5) is 0 Å². The van der Waals surface area contributed by atoms with Gasteiger partial charge in [-0.3, -0.25) is 4.79 Å².